The largest absolute Gasteiger partial charge is 0.352 e. The predicted octanol–water partition coefficient (Wildman–Crippen LogP) is 4.11. The minimum Gasteiger partial charge on any atom is -0.352 e. The van der Waals surface area contributed by atoms with Crippen LogP contribution in [0.5, 0.6) is 0 Å². The molecule has 0 aliphatic heterocycles. The second-order valence-corrected chi connectivity index (χ2v) is 11.1. The minimum atomic E-state index is -3.87. The molecule has 10 heteroatoms. The number of nitrogens with zero attached hydrogens (tertiary/aromatic N) is 2. The molecule has 0 unspecified atom stereocenters. The zero-order valence-corrected chi connectivity index (χ0v) is 21.5. The van der Waals surface area contributed by atoms with E-state index in [4.69, 9.17) is 11.6 Å². The van der Waals surface area contributed by atoms with Crippen molar-refractivity contribution in [2.24, 2.45) is 0 Å². The lowest BCUT2D eigenvalue weighted by Gasteiger charge is -2.33. The van der Waals surface area contributed by atoms with Gasteiger partial charge in [0, 0.05) is 12.6 Å². The van der Waals surface area contributed by atoms with E-state index in [-0.39, 0.29) is 29.2 Å². The van der Waals surface area contributed by atoms with Crippen LogP contribution in [0.15, 0.2) is 48.5 Å². The Bertz CT molecular complexity index is 1140. The van der Waals surface area contributed by atoms with E-state index in [1.54, 1.807) is 37.3 Å². The van der Waals surface area contributed by atoms with Crippen LogP contribution in [-0.4, -0.2) is 50.0 Å². The summed E-state index contributed by atoms with van der Waals surface area (Å²) in [5.74, 6) is -1.26. The monoisotopic (exact) mass is 523 g/mol. The molecule has 7 nitrogen and oxygen atoms in total. The zero-order valence-electron chi connectivity index (χ0n) is 19.9. The molecule has 0 bridgehead atoms. The highest BCUT2D eigenvalue weighted by Crippen LogP contribution is 2.28. The molecule has 2 aromatic carbocycles. The van der Waals surface area contributed by atoms with Crippen LogP contribution in [0.25, 0.3) is 0 Å². The molecule has 1 atom stereocenters. The summed E-state index contributed by atoms with van der Waals surface area (Å²) in [5, 5.41) is 3.22. The van der Waals surface area contributed by atoms with E-state index < -0.39 is 34.3 Å². The summed E-state index contributed by atoms with van der Waals surface area (Å²) in [4.78, 5) is 28.2. The average molecular weight is 524 g/mol. The van der Waals surface area contributed by atoms with Crippen molar-refractivity contribution in [3.05, 3.63) is 64.9 Å². The second kappa shape index (κ2) is 11.9. The number of rotatable bonds is 10. The van der Waals surface area contributed by atoms with Crippen molar-refractivity contribution in [3.63, 3.8) is 0 Å². The molecule has 0 spiro atoms. The molecule has 1 aliphatic rings. The fraction of sp³-hybridized carbons (Fsp3) is 0.440. The number of anilines is 1. The Kier molecular flexibility index (Phi) is 9.13. The number of para-hydroxylation sites is 1. The summed E-state index contributed by atoms with van der Waals surface area (Å²) >= 11 is 6.24. The summed E-state index contributed by atoms with van der Waals surface area (Å²) in [6, 6.07) is 11.2. The topological polar surface area (TPSA) is 86.8 Å². The average Bonchev–Trinajstić information content (AvgIpc) is 3.31. The lowest BCUT2D eigenvalue weighted by atomic mass is 10.1. The first-order valence-electron chi connectivity index (χ1n) is 11.7. The Morgan fingerprint density at radius 2 is 1.74 bits per heavy atom. The van der Waals surface area contributed by atoms with Gasteiger partial charge in [0.05, 0.1) is 17.0 Å². The van der Waals surface area contributed by atoms with Crippen LogP contribution < -0.4 is 9.62 Å². The van der Waals surface area contributed by atoms with E-state index in [1.165, 1.54) is 23.1 Å². The molecule has 190 valence electrons. The Morgan fingerprint density at radius 1 is 1.11 bits per heavy atom. The molecule has 1 saturated carbocycles. The number of halogens is 2. The molecule has 0 heterocycles. The van der Waals surface area contributed by atoms with Gasteiger partial charge in [-0.15, -0.1) is 0 Å². The molecule has 3 rings (SSSR count). The highest BCUT2D eigenvalue weighted by molar-refractivity contribution is 7.92. The maximum atomic E-state index is 13.6. The summed E-state index contributed by atoms with van der Waals surface area (Å²) in [5.41, 5.74) is 0.797. The van der Waals surface area contributed by atoms with Gasteiger partial charge >= 0.3 is 0 Å². The Labute approximate surface area is 211 Å². The molecule has 35 heavy (non-hydrogen) atoms. The molecule has 0 aromatic heterocycles. The first-order chi connectivity index (χ1) is 16.6. The van der Waals surface area contributed by atoms with Gasteiger partial charge in [-0.1, -0.05) is 55.6 Å². The van der Waals surface area contributed by atoms with E-state index in [2.05, 4.69) is 5.32 Å². The lowest BCUT2D eigenvalue weighted by Crippen LogP contribution is -2.53. The minimum absolute atomic E-state index is 0.0236. The maximum absolute atomic E-state index is 13.6. The van der Waals surface area contributed by atoms with Gasteiger partial charge in [0.15, 0.2) is 0 Å². The van der Waals surface area contributed by atoms with Gasteiger partial charge in [-0.3, -0.25) is 13.9 Å². The van der Waals surface area contributed by atoms with Crippen molar-refractivity contribution in [2.75, 3.05) is 17.1 Å². The normalized spacial score (nSPS) is 15.0. The number of carbonyl (C=O) groups is 2. The van der Waals surface area contributed by atoms with Gasteiger partial charge < -0.3 is 10.2 Å². The number of hydrogen-bond donors (Lipinski definition) is 1. The van der Waals surface area contributed by atoms with E-state index in [0.717, 1.165) is 36.2 Å². The second-order valence-electron chi connectivity index (χ2n) is 8.78. The Morgan fingerprint density at radius 3 is 2.31 bits per heavy atom. The van der Waals surface area contributed by atoms with Crippen LogP contribution in [0.4, 0.5) is 10.1 Å². The van der Waals surface area contributed by atoms with Crippen LogP contribution in [0.2, 0.25) is 5.02 Å². The van der Waals surface area contributed by atoms with Gasteiger partial charge in [-0.25, -0.2) is 12.8 Å². The van der Waals surface area contributed by atoms with Crippen LogP contribution in [0.1, 0.15) is 44.6 Å². The van der Waals surface area contributed by atoms with Crippen molar-refractivity contribution in [3.8, 4) is 0 Å². The third-order valence-electron chi connectivity index (χ3n) is 6.15. The Balaban J connectivity index is 1.92. The van der Waals surface area contributed by atoms with Gasteiger partial charge in [0.25, 0.3) is 0 Å². The molecular formula is C25H31ClFN3O4S. The molecule has 2 aromatic rings. The summed E-state index contributed by atoms with van der Waals surface area (Å²) in [6.07, 6.45) is 5.20. The van der Waals surface area contributed by atoms with Gasteiger partial charge in [0.1, 0.15) is 18.4 Å². The number of carbonyl (C=O) groups excluding carboxylic acids is 2. The molecule has 0 saturated heterocycles. The van der Waals surface area contributed by atoms with Crippen molar-refractivity contribution in [1.29, 1.82) is 0 Å². The van der Waals surface area contributed by atoms with E-state index in [9.17, 15) is 22.4 Å². The summed E-state index contributed by atoms with van der Waals surface area (Å²) in [7, 11) is -3.87. The van der Waals surface area contributed by atoms with E-state index in [1.807, 2.05) is 0 Å². The van der Waals surface area contributed by atoms with Crippen LogP contribution >= 0.6 is 11.6 Å². The number of nitrogens with one attached hydrogen (secondary N) is 1. The summed E-state index contributed by atoms with van der Waals surface area (Å²) in [6.45, 7) is 1.29. The van der Waals surface area contributed by atoms with Crippen molar-refractivity contribution < 1.29 is 22.4 Å². The third kappa shape index (κ3) is 7.18. The van der Waals surface area contributed by atoms with E-state index >= 15 is 0 Å². The number of hydrogen-bond acceptors (Lipinski definition) is 4. The summed E-state index contributed by atoms with van der Waals surface area (Å²) < 4.78 is 39.6. The molecule has 1 N–H and O–H groups in total. The first-order valence-corrected chi connectivity index (χ1v) is 13.9. The van der Waals surface area contributed by atoms with Crippen LogP contribution in [0, 0.1) is 5.82 Å². The maximum Gasteiger partial charge on any atom is 0.244 e. The Hall–Kier alpha value is -2.65. The quantitative estimate of drug-likeness (QED) is 0.507. The van der Waals surface area contributed by atoms with Crippen molar-refractivity contribution >= 4 is 39.1 Å². The smallest absolute Gasteiger partial charge is 0.244 e. The number of amides is 2. The van der Waals surface area contributed by atoms with Gasteiger partial charge in [-0.2, -0.15) is 0 Å². The molecule has 1 aliphatic carbocycles. The fourth-order valence-electron chi connectivity index (χ4n) is 4.32. The van der Waals surface area contributed by atoms with Crippen molar-refractivity contribution in [2.45, 2.75) is 57.7 Å². The van der Waals surface area contributed by atoms with Gasteiger partial charge in [-0.05, 0) is 49.1 Å². The van der Waals surface area contributed by atoms with Crippen LogP contribution in [0.3, 0.4) is 0 Å². The fourth-order valence-corrected chi connectivity index (χ4v) is 5.47. The number of benzene rings is 2. The first kappa shape index (κ1) is 26.9. The van der Waals surface area contributed by atoms with Crippen LogP contribution in [-0.2, 0) is 26.2 Å². The SMILES string of the molecule is CC[C@H](C(=O)NC1CCCC1)N(Cc1ccc(F)cc1)C(=O)CN(c1ccccc1Cl)S(C)(=O)=O. The number of sulfonamides is 1. The third-order valence-corrected chi connectivity index (χ3v) is 7.60. The molecule has 2 amide bonds. The molecule has 1 fully saturated rings. The standard InChI is InChI=1S/C25H31ClFN3O4S/c1-3-22(25(32)28-20-8-4-5-9-20)29(16-18-12-14-19(27)15-13-18)24(31)17-30(35(2,33)34)23-11-7-6-10-21(23)26/h6-7,10-15,20,22H,3-5,8-9,16-17H2,1-2H3,(H,28,32)/t22-/m1/s1. The predicted molar refractivity (Wildman–Crippen MR) is 135 cm³/mol. The van der Waals surface area contributed by atoms with Gasteiger partial charge in [0.2, 0.25) is 21.8 Å². The highest BCUT2D eigenvalue weighted by Gasteiger charge is 2.33. The lowest BCUT2D eigenvalue weighted by molar-refractivity contribution is -0.140. The molecule has 0 radical (unpaired) electrons. The zero-order chi connectivity index (χ0) is 25.6. The highest BCUT2D eigenvalue weighted by atomic mass is 35.5. The van der Waals surface area contributed by atoms with Crippen molar-refractivity contribution in [1.82, 2.24) is 10.2 Å². The molecular weight excluding hydrogens is 493 g/mol. The van der Waals surface area contributed by atoms with E-state index in [0.29, 0.717) is 12.0 Å².